The number of hydrogen-bond acceptors (Lipinski definition) is 8. The number of hydrogen-bond donors (Lipinski definition) is 0. The van der Waals surface area contributed by atoms with Crippen molar-refractivity contribution >= 4 is 17.8 Å². The van der Waals surface area contributed by atoms with Crippen LogP contribution in [0.5, 0.6) is 11.8 Å². The molecule has 2 atom stereocenters. The van der Waals surface area contributed by atoms with E-state index in [1.54, 1.807) is 13.3 Å². The summed E-state index contributed by atoms with van der Waals surface area (Å²) in [6.07, 6.45) is 10.8. The normalized spacial score (nSPS) is 20.4. The van der Waals surface area contributed by atoms with E-state index in [1.807, 2.05) is 12.4 Å². The molecule has 2 fully saturated rings. The Hall–Kier alpha value is -2.90. The van der Waals surface area contributed by atoms with Crippen LogP contribution < -0.4 is 19.3 Å². The van der Waals surface area contributed by atoms with Gasteiger partial charge in [0.05, 0.1) is 19.5 Å². The number of aryl methyl sites for hydroxylation is 1. The van der Waals surface area contributed by atoms with E-state index in [0.717, 1.165) is 51.1 Å². The summed E-state index contributed by atoms with van der Waals surface area (Å²) in [6, 6.07) is 2.05. The zero-order valence-corrected chi connectivity index (χ0v) is 19.7. The molecule has 2 aliphatic heterocycles. The molecule has 2 saturated heterocycles. The Morgan fingerprint density at radius 1 is 1.06 bits per heavy atom. The number of methoxy groups -OCH3 is 1. The van der Waals surface area contributed by atoms with Gasteiger partial charge in [-0.05, 0) is 31.7 Å². The van der Waals surface area contributed by atoms with Gasteiger partial charge in [-0.25, -0.2) is 15.0 Å². The minimum Gasteiger partial charge on any atom is -0.481 e. The van der Waals surface area contributed by atoms with Crippen molar-refractivity contribution in [1.29, 1.82) is 0 Å². The quantitative estimate of drug-likeness (QED) is 0.630. The second-order valence-electron chi connectivity index (χ2n) is 8.22. The fourth-order valence-corrected chi connectivity index (χ4v) is 4.29. The first kappa shape index (κ1) is 23.8. The van der Waals surface area contributed by atoms with Crippen molar-refractivity contribution in [3.8, 4) is 11.8 Å². The summed E-state index contributed by atoms with van der Waals surface area (Å²) in [5.74, 6) is 2.62. The fourth-order valence-electron chi connectivity index (χ4n) is 4.29. The number of ether oxygens (including phenoxy) is 2. The van der Waals surface area contributed by atoms with Crippen LogP contribution in [0.4, 0.5) is 11.5 Å². The van der Waals surface area contributed by atoms with Gasteiger partial charge in [-0.2, -0.15) is 0 Å². The molecule has 2 aliphatic rings. The zero-order chi connectivity index (χ0) is 22.9. The Balaban J connectivity index is 0.000000913. The molecule has 0 N–H and O–H groups in total. The third kappa shape index (κ3) is 5.87. The standard InChI is InChI=1S/C22H31N5O2.C2H4O/c1-4-17-12-24-21(28-3)11-18(17)27-10-7-19(16(2)15-27)29-22-14-23-20(13-25-22)26-8-5-6-9-26;1-2-3/h11-14,16,19H,4-10,15H2,1-3H3;2H,1H3/t16?,19-;/m1./s1. The fraction of sp³-hybridized carbons (Fsp3) is 0.583. The van der Waals surface area contributed by atoms with Gasteiger partial charge in [-0.15, -0.1) is 0 Å². The predicted molar refractivity (Wildman–Crippen MR) is 126 cm³/mol. The molecule has 2 aromatic rings. The second kappa shape index (κ2) is 11.6. The highest BCUT2D eigenvalue weighted by Gasteiger charge is 2.29. The maximum absolute atomic E-state index is 8.81. The van der Waals surface area contributed by atoms with Crippen molar-refractivity contribution < 1.29 is 14.3 Å². The minimum absolute atomic E-state index is 0.145. The van der Waals surface area contributed by atoms with Crippen molar-refractivity contribution in [3.05, 3.63) is 30.2 Å². The average Bonchev–Trinajstić information content (AvgIpc) is 3.36. The van der Waals surface area contributed by atoms with Gasteiger partial charge in [-0.3, -0.25) is 0 Å². The largest absolute Gasteiger partial charge is 0.481 e. The molecule has 4 heterocycles. The lowest BCUT2D eigenvalue weighted by Crippen LogP contribution is -2.45. The molecular weight excluding hydrogens is 406 g/mol. The van der Waals surface area contributed by atoms with Crippen LogP contribution in [0, 0.1) is 5.92 Å². The molecule has 0 spiro atoms. The Labute approximate surface area is 191 Å². The Bertz CT molecular complexity index is 855. The summed E-state index contributed by atoms with van der Waals surface area (Å²) in [6.45, 7) is 9.87. The Morgan fingerprint density at radius 3 is 2.38 bits per heavy atom. The first-order valence-corrected chi connectivity index (χ1v) is 11.5. The predicted octanol–water partition coefficient (Wildman–Crippen LogP) is 3.54. The van der Waals surface area contributed by atoms with E-state index in [-0.39, 0.29) is 6.10 Å². The molecule has 8 heteroatoms. The Morgan fingerprint density at radius 2 is 1.78 bits per heavy atom. The van der Waals surface area contributed by atoms with Crippen molar-refractivity contribution in [3.63, 3.8) is 0 Å². The van der Waals surface area contributed by atoms with Crippen LogP contribution in [0.2, 0.25) is 0 Å². The molecule has 0 saturated carbocycles. The number of pyridine rings is 1. The van der Waals surface area contributed by atoms with E-state index in [0.29, 0.717) is 17.7 Å². The number of aldehydes is 1. The average molecular weight is 442 g/mol. The lowest BCUT2D eigenvalue weighted by Gasteiger charge is -2.38. The monoisotopic (exact) mass is 441 g/mol. The molecule has 1 unspecified atom stereocenters. The number of anilines is 2. The summed E-state index contributed by atoms with van der Waals surface area (Å²) in [5, 5.41) is 0. The second-order valence-corrected chi connectivity index (χ2v) is 8.22. The number of piperidine rings is 1. The molecule has 0 aromatic carbocycles. The molecule has 0 bridgehead atoms. The van der Waals surface area contributed by atoms with Gasteiger partial charge >= 0.3 is 0 Å². The molecule has 174 valence electrons. The summed E-state index contributed by atoms with van der Waals surface area (Å²) in [7, 11) is 1.66. The van der Waals surface area contributed by atoms with Crippen molar-refractivity contribution in [2.45, 2.75) is 52.6 Å². The highest BCUT2D eigenvalue weighted by atomic mass is 16.5. The topological polar surface area (TPSA) is 80.7 Å². The van der Waals surface area contributed by atoms with E-state index < -0.39 is 0 Å². The van der Waals surface area contributed by atoms with E-state index in [9.17, 15) is 0 Å². The van der Waals surface area contributed by atoms with Gasteiger partial charge in [0.15, 0.2) is 0 Å². The molecule has 2 aromatic heterocycles. The SMILES string of the molecule is CC=O.CCc1cnc(OC)cc1N1CC[C@@H](Oc2cnc(N3CCCC3)cn2)C(C)C1. The van der Waals surface area contributed by atoms with Gasteiger partial charge in [-0.1, -0.05) is 13.8 Å². The van der Waals surface area contributed by atoms with Crippen molar-refractivity contribution in [2.24, 2.45) is 5.92 Å². The van der Waals surface area contributed by atoms with Crippen LogP contribution in [0.15, 0.2) is 24.7 Å². The Kier molecular flexibility index (Phi) is 8.64. The van der Waals surface area contributed by atoms with Gasteiger partial charge in [0.1, 0.15) is 18.2 Å². The maximum Gasteiger partial charge on any atom is 0.232 e. The minimum atomic E-state index is 0.145. The first-order valence-electron chi connectivity index (χ1n) is 11.5. The zero-order valence-electron chi connectivity index (χ0n) is 19.7. The lowest BCUT2D eigenvalue weighted by atomic mass is 9.95. The van der Waals surface area contributed by atoms with Crippen LogP contribution in [0.3, 0.4) is 0 Å². The molecular formula is C24H35N5O3. The van der Waals surface area contributed by atoms with E-state index in [2.05, 4.69) is 44.7 Å². The van der Waals surface area contributed by atoms with Gasteiger partial charge in [0, 0.05) is 56.5 Å². The van der Waals surface area contributed by atoms with Crippen LogP contribution in [-0.2, 0) is 11.2 Å². The number of nitrogens with zero attached hydrogens (tertiary/aromatic N) is 5. The summed E-state index contributed by atoms with van der Waals surface area (Å²) in [4.78, 5) is 26.9. The summed E-state index contributed by atoms with van der Waals surface area (Å²) < 4.78 is 11.6. The molecule has 0 radical (unpaired) electrons. The van der Waals surface area contributed by atoms with Crippen LogP contribution in [-0.4, -0.2) is 60.6 Å². The van der Waals surface area contributed by atoms with E-state index >= 15 is 0 Å². The smallest absolute Gasteiger partial charge is 0.232 e. The highest BCUT2D eigenvalue weighted by Crippen LogP contribution is 2.30. The third-order valence-corrected chi connectivity index (χ3v) is 6.01. The van der Waals surface area contributed by atoms with Crippen LogP contribution in [0.1, 0.15) is 45.6 Å². The van der Waals surface area contributed by atoms with Gasteiger partial charge < -0.3 is 24.1 Å². The highest BCUT2D eigenvalue weighted by molar-refractivity contribution is 5.55. The molecule has 8 nitrogen and oxygen atoms in total. The molecule has 4 rings (SSSR count). The molecule has 32 heavy (non-hydrogen) atoms. The lowest BCUT2D eigenvalue weighted by molar-refractivity contribution is -0.106. The van der Waals surface area contributed by atoms with E-state index in [1.165, 1.54) is 31.0 Å². The van der Waals surface area contributed by atoms with Crippen LogP contribution in [0.25, 0.3) is 0 Å². The van der Waals surface area contributed by atoms with Crippen molar-refractivity contribution in [1.82, 2.24) is 15.0 Å². The third-order valence-electron chi connectivity index (χ3n) is 6.01. The first-order chi connectivity index (χ1) is 15.6. The van der Waals surface area contributed by atoms with Crippen molar-refractivity contribution in [2.75, 3.05) is 43.1 Å². The van der Waals surface area contributed by atoms with Crippen LogP contribution >= 0.6 is 0 Å². The number of aromatic nitrogens is 3. The summed E-state index contributed by atoms with van der Waals surface area (Å²) in [5.41, 5.74) is 2.47. The van der Waals surface area contributed by atoms with E-state index in [4.69, 9.17) is 14.3 Å². The molecule has 0 amide bonds. The number of carbonyl (C=O) groups is 1. The number of rotatable bonds is 6. The maximum atomic E-state index is 8.81. The van der Waals surface area contributed by atoms with Gasteiger partial charge in [0.25, 0.3) is 0 Å². The molecule has 0 aliphatic carbocycles. The summed E-state index contributed by atoms with van der Waals surface area (Å²) >= 11 is 0. The van der Waals surface area contributed by atoms with Gasteiger partial charge in [0.2, 0.25) is 11.8 Å². The number of carbonyl (C=O) groups excluding carboxylic acids is 1.